The van der Waals surface area contributed by atoms with E-state index in [0.29, 0.717) is 6.54 Å². The van der Waals surface area contributed by atoms with Gasteiger partial charge in [0, 0.05) is 42.5 Å². The molecule has 5 heteroatoms. The molecule has 30 heavy (non-hydrogen) atoms. The Kier molecular flexibility index (Phi) is 5.10. The maximum Gasteiger partial charge on any atom is 0.232 e. The van der Waals surface area contributed by atoms with Crippen molar-refractivity contribution in [1.29, 1.82) is 0 Å². The van der Waals surface area contributed by atoms with E-state index in [2.05, 4.69) is 21.3 Å². The Bertz CT molecular complexity index is 1010. The molecule has 0 saturated carbocycles. The summed E-state index contributed by atoms with van der Waals surface area (Å²) >= 11 is 0. The Morgan fingerprint density at radius 3 is 2.30 bits per heavy atom. The summed E-state index contributed by atoms with van der Waals surface area (Å²) in [5.41, 5.74) is 2.86. The molecule has 0 spiro atoms. The van der Waals surface area contributed by atoms with E-state index in [1.807, 2.05) is 60.8 Å². The van der Waals surface area contributed by atoms with Gasteiger partial charge >= 0.3 is 0 Å². The van der Waals surface area contributed by atoms with Crippen LogP contribution >= 0.6 is 0 Å². The minimum Gasteiger partial charge on any atom is -0.457 e. The zero-order valence-corrected chi connectivity index (χ0v) is 16.9. The molecule has 0 unspecified atom stereocenters. The lowest BCUT2D eigenvalue weighted by molar-refractivity contribution is -0.122. The standard InChI is InChI=1S/C25H25N3O2/c29-25(27-17-18-9-8-14-26-24(18)28-15-6-1-7-16-28)23-19-10-2-4-12-21(19)30-22-13-5-3-11-20(22)23/h2-5,8-14,23H,1,6-7,15-17H2,(H,27,29). The van der Waals surface area contributed by atoms with Crippen molar-refractivity contribution < 1.29 is 9.53 Å². The summed E-state index contributed by atoms with van der Waals surface area (Å²) in [6.45, 7) is 2.51. The Labute approximate surface area is 176 Å². The number of para-hydroxylation sites is 2. The number of benzene rings is 2. The molecule has 3 heterocycles. The molecule has 1 fully saturated rings. The number of carbonyl (C=O) groups is 1. The minimum atomic E-state index is -0.388. The van der Waals surface area contributed by atoms with Crippen molar-refractivity contribution in [2.75, 3.05) is 18.0 Å². The van der Waals surface area contributed by atoms with Crippen molar-refractivity contribution in [3.8, 4) is 11.5 Å². The van der Waals surface area contributed by atoms with Crippen LogP contribution in [0.5, 0.6) is 11.5 Å². The van der Waals surface area contributed by atoms with Crippen molar-refractivity contribution in [1.82, 2.24) is 10.3 Å². The SMILES string of the molecule is O=C(NCc1cccnc1N1CCCCC1)C1c2ccccc2Oc2ccccc21. The van der Waals surface area contributed by atoms with Gasteiger partial charge < -0.3 is 15.0 Å². The number of nitrogens with zero attached hydrogens (tertiary/aromatic N) is 2. The van der Waals surface area contributed by atoms with E-state index in [-0.39, 0.29) is 11.8 Å². The molecule has 152 valence electrons. The van der Waals surface area contributed by atoms with Crippen LogP contribution in [0, 0.1) is 0 Å². The van der Waals surface area contributed by atoms with Crippen LogP contribution in [0.15, 0.2) is 66.9 Å². The van der Waals surface area contributed by atoms with Gasteiger partial charge in [-0.3, -0.25) is 4.79 Å². The van der Waals surface area contributed by atoms with Crippen LogP contribution in [0.2, 0.25) is 0 Å². The highest BCUT2D eigenvalue weighted by Crippen LogP contribution is 2.43. The van der Waals surface area contributed by atoms with E-state index < -0.39 is 0 Å². The maximum atomic E-state index is 13.4. The third-order valence-electron chi connectivity index (χ3n) is 5.92. The second-order valence-corrected chi connectivity index (χ2v) is 7.86. The number of anilines is 1. The smallest absolute Gasteiger partial charge is 0.232 e. The summed E-state index contributed by atoms with van der Waals surface area (Å²) in [6.07, 6.45) is 5.49. The normalized spacial score (nSPS) is 15.7. The van der Waals surface area contributed by atoms with Crippen LogP contribution in [0.1, 0.15) is 41.9 Å². The fourth-order valence-electron chi connectivity index (χ4n) is 4.44. The molecule has 1 N–H and O–H groups in total. The van der Waals surface area contributed by atoms with Crippen LogP contribution in [-0.4, -0.2) is 24.0 Å². The number of carbonyl (C=O) groups excluding carboxylic acids is 1. The molecule has 2 aliphatic heterocycles. The van der Waals surface area contributed by atoms with Gasteiger partial charge in [0.15, 0.2) is 0 Å². The average molecular weight is 399 g/mol. The molecule has 0 aliphatic carbocycles. The Hall–Kier alpha value is -3.34. The number of hydrogen-bond donors (Lipinski definition) is 1. The second kappa shape index (κ2) is 8.19. The first-order valence-electron chi connectivity index (χ1n) is 10.6. The number of ether oxygens (including phenoxy) is 1. The van der Waals surface area contributed by atoms with Gasteiger partial charge in [-0.05, 0) is 37.5 Å². The molecule has 1 aromatic heterocycles. The van der Waals surface area contributed by atoms with E-state index in [4.69, 9.17) is 4.74 Å². The van der Waals surface area contributed by atoms with Gasteiger partial charge in [0.05, 0.1) is 5.92 Å². The Morgan fingerprint density at radius 1 is 0.933 bits per heavy atom. The van der Waals surface area contributed by atoms with Crippen molar-refractivity contribution in [3.05, 3.63) is 83.6 Å². The number of rotatable bonds is 4. The lowest BCUT2D eigenvalue weighted by Gasteiger charge is -2.30. The fraction of sp³-hybridized carbons (Fsp3) is 0.280. The zero-order chi connectivity index (χ0) is 20.3. The Morgan fingerprint density at radius 2 is 1.60 bits per heavy atom. The second-order valence-electron chi connectivity index (χ2n) is 7.86. The van der Waals surface area contributed by atoms with Crippen molar-refractivity contribution in [2.45, 2.75) is 31.7 Å². The third kappa shape index (κ3) is 3.52. The minimum absolute atomic E-state index is 0.0216. The van der Waals surface area contributed by atoms with Crippen LogP contribution in [0.25, 0.3) is 0 Å². The molecule has 0 atom stereocenters. The number of piperidine rings is 1. The number of hydrogen-bond acceptors (Lipinski definition) is 4. The lowest BCUT2D eigenvalue weighted by atomic mass is 9.87. The number of amides is 1. The van der Waals surface area contributed by atoms with E-state index in [1.165, 1.54) is 19.3 Å². The topological polar surface area (TPSA) is 54.5 Å². The molecule has 5 rings (SSSR count). The lowest BCUT2D eigenvalue weighted by Crippen LogP contribution is -2.34. The highest BCUT2D eigenvalue weighted by atomic mass is 16.5. The summed E-state index contributed by atoms with van der Waals surface area (Å²) in [7, 11) is 0. The first-order chi connectivity index (χ1) is 14.8. The monoisotopic (exact) mass is 399 g/mol. The van der Waals surface area contributed by atoms with E-state index >= 15 is 0 Å². The largest absolute Gasteiger partial charge is 0.457 e. The molecule has 1 saturated heterocycles. The molecule has 5 nitrogen and oxygen atoms in total. The predicted octanol–water partition coefficient (Wildman–Crippen LogP) is 4.63. The first kappa shape index (κ1) is 18.7. The van der Waals surface area contributed by atoms with Gasteiger partial charge in [0.1, 0.15) is 17.3 Å². The van der Waals surface area contributed by atoms with Gasteiger partial charge in [-0.15, -0.1) is 0 Å². The molecular formula is C25H25N3O2. The number of nitrogens with one attached hydrogen (secondary N) is 1. The highest BCUT2D eigenvalue weighted by Gasteiger charge is 2.32. The third-order valence-corrected chi connectivity index (χ3v) is 5.92. The summed E-state index contributed by atoms with van der Waals surface area (Å²) in [6, 6.07) is 19.5. The van der Waals surface area contributed by atoms with Gasteiger partial charge in [-0.2, -0.15) is 0 Å². The van der Waals surface area contributed by atoms with Crippen molar-refractivity contribution >= 4 is 11.7 Å². The molecule has 0 radical (unpaired) electrons. The van der Waals surface area contributed by atoms with Gasteiger partial charge in [-0.25, -0.2) is 4.98 Å². The highest BCUT2D eigenvalue weighted by molar-refractivity contribution is 5.89. The maximum absolute atomic E-state index is 13.4. The zero-order valence-electron chi connectivity index (χ0n) is 16.9. The summed E-state index contributed by atoms with van der Waals surface area (Å²) in [5, 5.41) is 3.17. The number of aromatic nitrogens is 1. The van der Waals surface area contributed by atoms with Gasteiger partial charge in [-0.1, -0.05) is 42.5 Å². The summed E-state index contributed by atoms with van der Waals surface area (Å²) < 4.78 is 6.02. The average Bonchev–Trinajstić information content (AvgIpc) is 2.81. The first-order valence-corrected chi connectivity index (χ1v) is 10.6. The predicted molar refractivity (Wildman–Crippen MR) is 117 cm³/mol. The van der Waals surface area contributed by atoms with E-state index in [9.17, 15) is 4.79 Å². The molecular weight excluding hydrogens is 374 g/mol. The molecule has 0 bridgehead atoms. The molecule has 2 aliphatic rings. The summed E-state index contributed by atoms with van der Waals surface area (Å²) in [5.74, 6) is 2.07. The van der Waals surface area contributed by atoms with Crippen LogP contribution in [0.3, 0.4) is 0 Å². The van der Waals surface area contributed by atoms with Gasteiger partial charge in [0.25, 0.3) is 0 Å². The fourth-order valence-corrected chi connectivity index (χ4v) is 4.44. The molecule has 2 aromatic carbocycles. The van der Waals surface area contributed by atoms with Crippen LogP contribution in [0.4, 0.5) is 5.82 Å². The van der Waals surface area contributed by atoms with Crippen LogP contribution in [-0.2, 0) is 11.3 Å². The van der Waals surface area contributed by atoms with E-state index in [1.54, 1.807) is 0 Å². The molecule has 3 aromatic rings. The Balaban J connectivity index is 1.40. The van der Waals surface area contributed by atoms with E-state index in [0.717, 1.165) is 47.1 Å². The number of fused-ring (bicyclic) bond motifs is 2. The quantitative estimate of drug-likeness (QED) is 0.695. The van der Waals surface area contributed by atoms with Crippen molar-refractivity contribution in [3.63, 3.8) is 0 Å². The summed E-state index contributed by atoms with van der Waals surface area (Å²) in [4.78, 5) is 20.3. The van der Waals surface area contributed by atoms with Gasteiger partial charge in [0.2, 0.25) is 5.91 Å². The number of pyridine rings is 1. The van der Waals surface area contributed by atoms with Crippen molar-refractivity contribution in [2.24, 2.45) is 0 Å². The molecule has 1 amide bonds. The van der Waals surface area contributed by atoms with Crippen LogP contribution < -0.4 is 15.0 Å².